The highest BCUT2D eigenvalue weighted by molar-refractivity contribution is 5.52. The van der Waals surface area contributed by atoms with E-state index in [1.165, 1.54) is 47.9 Å². The zero-order valence-electron chi connectivity index (χ0n) is 22.5. The molecule has 0 amide bonds. The first-order valence-electron chi connectivity index (χ1n) is 14.2. The molecule has 0 radical (unpaired) electrons. The van der Waals surface area contributed by atoms with Crippen molar-refractivity contribution in [1.82, 2.24) is 4.90 Å². The molecule has 2 unspecified atom stereocenters. The predicted octanol–water partition coefficient (Wildman–Crippen LogP) is 7.21. The Balaban J connectivity index is 1.07. The van der Waals surface area contributed by atoms with Crippen LogP contribution in [-0.2, 0) is 26.3 Å². The lowest BCUT2D eigenvalue weighted by Gasteiger charge is -2.27. The molecular weight excluding hydrogens is 480 g/mol. The van der Waals surface area contributed by atoms with Crippen LogP contribution in [0.4, 0.5) is 0 Å². The standard InChI is InChI=1S/C35H37N2O2/c1-3-9-30(10-4-1)25-38-32-19-15-28(16-20-32)23-36-27-37(35-14-8-7-13-34(35)36)24-29-17-21-33(22-18-29)39-26-31-11-5-2-6-12-31/h1-6,9-12,15-22,27,34-35H,7-8,13-14,23-26H2/q+1. The van der Waals surface area contributed by atoms with E-state index >= 15 is 0 Å². The second-order valence-corrected chi connectivity index (χ2v) is 10.7. The van der Waals surface area contributed by atoms with Crippen molar-refractivity contribution in [2.24, 2.45) is 0 Å². The maximum Gasteiger partial charge on any atom is 0.235 e. The Morgan fingerprint density at radius 1 is 0.590 bits per heavy atom. The summed E-state index contributed by atoms with van der Waals surface area (Å²) in [4.78, 5) is 2.57. The summed E-state index contributed by atoms with van der Waals surface area (Å²) >= 11 is 0. The van der Waals surface area contributed by atoms with E-state index in [0.717, 1.165) is 24.6 Å². The van der Waals surface area contributed by atoms with Crippen molar-refractivity contribution in [3.05, 3.63) is 131 Å². The van der Waals surface area contributed by atoms with Crippen molar-refractivity contribution in [1.29, 1.82) is 0 Å². The van der Waals surface area contributed by atoms with Gasteiger partial charge in [0.25, 0.3) is 0 Å². The van der Waals surface area contributed by atoms with Crippen molar-refractivity contribution >= 4 is 6.34 Å². The SMILES string of the molecule is C1=[N+](Cc2ccc(OCc3ccccc3)cc2)C2CCCCC2N1Cc1ccc(OCc2ccccc2)cc1. The van der Waals surface area contributed by atoms with Crippen LogP contribution in [0, 0.1) is 0 Å². The number of nitrogens with zero attached hydrogens (tertiary/aromatic N) is 2. The third-order valence-electron chi connectivity index (χ3n) is 7.92. The average molecular weight is 518 g/mol. The highest BCUT2D eigenvalue weighted by Gasteiger charge is 2.42. The predicted molar refractivity (Wildman–Crippen MR) is 156 cm³/mol. The van der Waals surface area contributed by atoms with E-state index < -0.39 is 0 Å². The van der Waals surface area contributed by atoms with Crippen LogP contribution in [0.3, 0.4) is 0 Å². The molecule has 0 N–H and O–H groups in total. The molecule has 198 valence electrons. The van der Waals surface area contributed by atoms with Crippen LogP contribution in [0.1, 0.15) is 47.9 Å². The Hall–Kier alpha value is -4.05. The zero-order chi connectivity index (χ0) is 26.3. The second-order valence-electron chi connectivity index (χ2n) is 10.7. The molecule has 2 atom stereocenters. The number of ether oxygens (including phenoxy) is 2. The van der Waals surface area contributed by atoms with Crippen molar-refractivity contribution in [3.63, 3.8) is 0 Å². The highest BCUT2D eigenvalue weighted by Crippen LogP contribution is 2.31. The first-order chi connectivity index (χ1) is 19.3. The van der Waals surface area contributed by atoms with Gasteiger partial charge in [-0.05, 0) is 72.2 Å². The Kier molecular flexibility index (Phi) is 7.90. The van der Waals surface area contributed by atoms with Crippen LogP contribution in [-0.4, -0.2) is 27.9 Å². The van der Waals surface area contributed by atoms with Gasteiger partial charge in [-0.2, -0.15) is 0 Å². The van der Waals surface area contributed by atoms with E-state index in [2.05, 4.69) is 88.6 Å². The van der Waals surface area contributed by atoms with Gasteiger partial charge in [0.2, 0.25) is 6.34 Å². The second kappa shape index (κ2) is 12.2. The lowest BCUT2D eigenvalue weighted by Crippen LogP contribution is -2.40. The Labute approximate surface area is 232 Å². The molecule has 1 fully saturated rings. The fraction of sp³-hybridized carbons (Fsp3) is 0.286. The van der Waals surface area contributed by atoms with Crippen LogP contribution in [0.15, 0.2) is 109 Å². The van der Waals surface area contributed by atoms with Crippen LogP contribution in [0.5, 0.6) is 11.5 Å². The molecule has 4 aromatic rings. The summed E-state index contributed by atoms with van der Waals surface area (Å²) in [6, 6.07) is 39.1. The van der Waals surface area contributed by atoms with E-state index in [-0.39, 0.29) is 0 Å². The van der Waals surface area contributed by atoms with Crippen molar-refractivity contribution in [2.45, 2.75) is 64.1 Å². The summed E-state index contributed by atoms with van der Waals surface area (Å²) in [5.41, 5.74) is 5.02. The maximum atomic E-state index is 5.99. The Morgan fingerprint density at radius 3 is 1.72 bits per heavy atom. The number of fused-ring (bicyclic) bond motifs is 1. The summed E-state index contributed by atoms with van der Waals surface area (Å²) < 4.78 is 14.6. The summed E-state index contributed by atoms with van der Waals surface area (Å²) in [7, 11) is 0. The van der Waals surface area contributed by atoms with Crippen LogP contribution >= 0.6 is 0 Å². The molecule has 2 aliphatic rings. The first-order valence-corrected chi connectivity index (χ1v) is 14.2. The summed E-state index contributed by atoms with van der Waals surface area (Å²) in [5, 5.41) is 0. The smallest absolute Gasteiger partial charge is 0.235 e. The maximum absolute atomic E-state index is 5.99. The summed E-state index contributed by atoms with van der Waals surface area (Å²) in [5.74, 6) is 1.84. The van der Waals surface area contributed by atoms with Gasteiger partial charge in [0.05, 0.1) is 0 Å². The molecule has 0 bridgehead atoms. The molecule has 6 rings (SSSR count). The lowest BCUT2D eigenvalue weighted by molar-refractivity contribution is -0.573. The monoisotopic (exact) mass is 517 g/mol. The minimum atomic E-state index is 0.584. The van der Waals surface area contributed by atoms with Crippen LogP contribution in [0.2, 0.25) is 0 Å². The largest absolute Gasteiger partial charge is 0.489 e. The van der Waals surface area contributed by atoms with Crippen molar-refractivity contribution < 1.29 is 14.0 Å². The molecule has 4 nitrogen and oxygen atoms in total. The van der Waals surface area contributed by atoms with E-state index in [1.807, 2.05) is 36.4 Å². The topological polar surface area (TPSA) is 24.7 Å². The quantitative estimate of drug-likeness (QED) is 0.208. The molecule has 1 saturated carbocycles. The summed E-state index contributed by atoms with van der Waals surface area (Å²) in [6.07, 6.45) is 7.56. The first kappa shape index (κ1) is 25.2. The van der Waals surface area contributed by atoms with Gasteiger partial charge in [-0.3, -0.25) is 9.48 Å². The minimum absolute atomic E-state index is 0.584. The fourth-order valence-corrected chi connectivity index (χ4v) is 5.83. The number of benzene rings is 4. The Morgan fingerprint density at radius 2 is 1.13 bits per heavy atom. The van der Waals surface area contributed by atoms with Gasteiger partial charge in [0, 0.05) is 0 Å². The van der Waals surface area contributed by atoms with Crippen LogP contribution in [0.25, 0.3) is 0 Å². The third kappa shape index (κ3) is 6.51. The summed E-state index contributed by atoms with van der Waals surface area (Å²) in [6.45, 7) is 3.06. The number of hydrogen-bond acceptors (Lipinski definition) is 3. The Bertz CT molecular complexity index is 1350. The zero-order valence-corrected chi connectivity index (χ0v) is 22.5. The molecular formula is C35H37N2O2+. The van der Waals surface area contributed by atoms with Gasteiger partial charge in [-0.25, -0.2) is 0 Å². The minimum Gasteiger partial charge on any atom is -0.489 e. The lowest BCUT2D eigenvalue weighted by atomic mass is 9.90. The van der Waals surface area contributed by atoms with E-state index in [4.69, 9.17) is 9.47 Å². The van der Waals surface area contributed by atoms with E-state index in [0.29, 0.717) is 25.3 Å². The molecule has 39 heavy (non-hydrogen) atoms. The van der Waals surface area contributed by atoms with E-state index in [1.54, 1.807) is 0 Å². The van der Waals surface area contributed by atoms with Gasteiger partial charge in [-0.15, -0.1) is 0 Å². The molecule has 0 spiro atoms. The van der Waals surface area contributed by atoms with Gasteiger partial charge in [-0.1, -0.05) is 84.9 Å². The molecule has 4 heteroatoms. The molecule has 1 aliphatic carbocycles. The van der Waals surface area contributed by atoms with Gasteiger partial charge >= 0.3 is 0 Å². The third-order valence-corrected chi connectivity index (χ3v) is 7.92. The van der Waals surface area contributed by atoms with Gasteiger partial charge < -0.3 is 9.47 Å². The number of hydrogen-bond donors (Lipinski definition) is 0. The van der Waals surface area contributed by atoms with Crippen molar-refractivity contribution in [2.75, 3.05) is 0 Å². The molecule has 0 aromatic heterocycles. The molecule has 4 aromatic carbocycles. The number of rotatable bonds is 10. The highest BCUT2D eigenvalue weighted by atomic mass is 16.5. The average Bonchev–Trinajstić information content (AvgIpc) is 3.34. The molecule has 1 aliphatic heterocycles. The van der Waals surface area contributed by atoms with Gasteiger partial charge in [0.1, 0.15) is 49.9 Å². The molecule has 1 heterocycles. The normalized spacial score (nSPS) is 18.4. The van der Waals surface area contributed by atoms with E-state index in [9.17, 15) is 0 Å². The fourth-order valence-electron chi connectivity index (χ4n) is 5.83. The van der Waals surface area contributed by atoms with Crippen LogP contribution < -0.4 is 9.47 Å². The molecule has 0 saturated heterocycles. The van der Waals surface area contributed by atoms with Crippen molar-refractivity contribution in [3.8, 4) is 11.5 Å². The van der Waals surface area contributed by atoms with Gasteiger partial charge in [0.15, 0.2) is 0 Å².